The molecule has 1 fully saturated rings. The predicted octanol–water partition coefficient (Wildman–Crippen LogP) is 2.78. The Kier molecular flexibility index (Phi) is 6.44. The van der Waals surface area contributed by atoms with Gasteiger partial charge in [-0.15, -0.1) is 0 Å². The molecule has 0 unspecified atom stereocenters. The monoisotopic (exact) mass is 381 g/mol. The highest BCUT2D eigenvalue weighted by Crippen LogP contribution is 2.16. The number of hydrogen-bond donors (Lipinski definition) is 2. The van der Waals surface area contributed by atoms with Gasteiger partial charge in [0, 0.05) is 42.0 Å². The number of nitrogens with one attached hydrogen (secondary N) is 2. The first-order valence-corrected chi connectivity index (χ1v) is 9.53. The average Bonchev–Trinajstić information content (AvgIpc) is 2.74. The third kappa shape index (κ3) is 5.18. The SMILES string of the molecule is CC(C)(CNC(=O)c1ccc(NC(=O)c2ccccc2)cc1)N1CCOCC1. The van der Waals surface area contributed by atoms with Crippen LogP contribution in [0.15, 0.2) is 54.6 Å². The van der Waals surface area contributed by atoms with Gasteiger partial charge in [0.15, 0.2) is 0 Å². The van der Waals surface area contributed by atoms with E-state index in [0.717, 1.165) is 26.3 Å². The molecule has 28 heavy (non-hydrogen) atoms. The maximum atomic E-state index is 12.5. The highest BCUT2D eigenvalue weighted by molar-refractivity contribution is 6.04. The summed E-state index contributed by atoms with van der Waals surface area (Å²) in [5.74, 6) is -0.299. The van der Waals surface area contributed by atoms with E-state index in [1.165, 1.54) is 0 Å². The van der Waals surface area contributed by atoms with E-state index in [2.05, 4.69) is 29.4 Å². The maximum Gasteiger partial charge on any atom is 0.255 e. The van der Waals surface area contributed by atoms with Crippen LogP contribution in [0.2, 0.25) is 0 Å². The molecule has 2 amide bonds. The van der Waals surface area contributed by atoms with Gasteiger partial charge in [-0.3, -0.25) is 14.5 Å². The van der Waals surface area contributed by atoms with Crippen LogP contribution in [0.4, 0.5) is 5.69 Å². The van der Waals surface area contributed by atoms with Crippen molar-refractivity contribution in [2.24, 2.45) is 0 Å². The quantitative estimate of drug-likeness (QED) is 0.807. The Bertz CT molecular complexity index is 798. The third-order valence-electron chi connectivity index (χ3n) is 4.99. The van der Waals surface area contributed by atoms with Crippen molar-refractivity contribution in [3.8, 4) is 0 Å². The van der Waals surface area contributed by atoms with Gasteiger partial charge >= 0.3 is 0 Å². The van der Waals surface area contributed by atoms with Crippen molar-refractivity contribution in [2.75, 3.05) is 38.2 Å². The molecule has 0 radical (unpaired) electrons. The molecule has 2 aromatic carbocycles. The summed E-state index contributed by atoms with van der Waals surface area (Å²) in [6.45, 7) is 8.01. The zero-order valence-electron chi connectivity index (χ0n) is 16.4. The lowest BCUT2D eigenvalue weighted by molar-refractivity contribution is -0.00923. The molecular weight excluding hydrogens is 354 g/mol. The van der Waals surface area contributed by atoms with Crippen molar-refractivity contribution in [2.45, 2.75) is 19.4 Å². The first-order chi connectivity index (χ1) is 13.5. The van der Waals surface area contributed by atoms with Gasteiger partial charge in [-0.25, -0.2) is 0 Å². The van der Waals surface area contributed by atoms with Crippen LogP contribution in [0.3, 0.4) is 0 Å². The molecule has 0 aliphatic carbocycles. The predicted molar refractivity (Wildman–Crippen MR) is 110 cm³/mol. The standard InChI is InChI=1S/C22H27N3O3/c1-22(2,25-12-14-28-15-13-25)16-23-20(26)18-8-10-19(11-9-18)24-21(27)17-6-4-3-5-7-17/h3-11H,12-16H2,1-2H3,(H,23,26)(H,24,27). The summed E-state index contributed by atoms with van der Waals surface area (Å²) in [5.41, 5.74) is 1.67. The van der Waals surface area contributed by atoms with E-state index in [9.17, 15) is 9.59 Å². The van der Waals surface area contributed by atoms with E-state index in [-0.39, 0.29) is 17.4 Å². The number of nitrogens with zero attached hydrogens (tertiary/aromatic N) is 1. The van der Waals surface area contributed by atoms with Gasteiger partial charge in [0.05, 0.1) is 13.2 Å². The zero-order valence-corrected chi connectivity index (χ0v) is 16.4. The maximum absolute atomic E-state index is 12.5. The number of hydrogen-bond acceptors (Lipinski definition) is 4. The fraction of sp³-hybridized carbons (Fsp3) is 0.364. The van der Waals surface area contributed by atoms with Gasteiger partial charge in [0.25, 0.3) is 11.8 Å². The van der Waals surface area contributed by atoms with Crippen molar-refractivity contribution in [3.63, 3.8) is 0 Å². The van der Waals surface area contributed by atoms with Crippen LogP contribution in [-0.2, 0) is 4.74 Å². The summed E-state index contributed by atoms with van der Waals surface area (Å²) >= 11 is 0. The van der Waals surface area contributed by atoms with Gasteiger partial charge < -0.3 is 15.4 Å². The smallest absolute Gasteiger partial charge is 0.255 e. The largest absolute Gasteiger partial charge is 0.379 e. The lowest BCUT2D eigenvalue weighted by Crippen LogP contribution is -2.55. The zero-order chi connectivity index (χ0) is 20.0. The third-order valence-corrected chi connectivity index (χ3v) is 4.99. The highest BCUT2D eigenvalue weighted by Gasteiger charge is 2.28. The number of morpholine rings is 1. The molecule has 0 atom stereocenters. The second kappa shape index (κ2) is 8.99. The Morgan fingerprint density at radius 1 is 0.929 bits per heavy atom. The van der Waals surface area contributed by atoms with Crippen LogP contribution in [0.1, 0.15) is 34.6 Å². The molecule has 2 aromatic rings. The Hall–Kier alpha value is -2.70. The van der Waals surface area contributed by atoms with Crippen LogP contribution in [0.25, 0.3) is 0 Å². The molecular formula is C22H27N3O3. The van der Waals surface area contributed by atoms with Gasteiger partial charge in [-0.1, -0.05) is 18.2 Å². The normalized spacial score (nSPS) is 15.1. The second-order valence-electron chi connectivity index (χ2n) is 7.49. The van der Waals surface area contributed by atoms with Crippen molar-refractivity contribution >= 4 is 17.5 Å². The summed E-state index contributed by atoms with van der Waals surface area (Å²) in [6, 6.07) is 15.9. The Labute approximate surface area is 165 Å². The number of carbonyl (C=O) groups is 2. The fourth-order valence-electron chi connectivity index (χ4n) is 3.18. The first kappa shape index (κ1) is 20.0. The molecule has 2 N–H and O–H groups in total. The topological polar surface area (TPSA) is 70.7 Å². The van der Waals surface area contributed by atoms with Gasteiger partial charge in [0.1, 0.15) is 0 Å². The Morgan fingerprint density at radius 3 is 2.18 bits per heavy atom. The molecule has 0 saturated carbocycles. The molecule has 6 nitrogen and oxygen atoms in total. The molecule has 148 valence electrons. The summed E-state index contributed by atoms with van der Waals surface area (Å²) in [5, 5.41) is 5.85. The lowest BCUT2D eigenvalue weighted by Gasteiger charge is -2.40. The van der Waals surface area contributed by atoms with Crippen molar-refractivity contribution in [1.82, 2.24) is 10.2 Å². The van der Waals surface area contributed by atoms with Gasteiger partial charge in [0.2, 0.25) is 0 Å². The molecule has 3 rings (SSSR count). The second-order valence-corrected chi connectivity index (χ2v) is 7.49. The van der Waals surface area contributed by atoms with Crippen LogP contribution in [0.5, 0.6) is 0 Å². The summed E-state index contributed by atoms with van der Waals surface area (Å²) < 4.78 is 5.40. The number of benzene rings is 2. The van der Waals surface area contributed by atoms with E-state index in [4.69, 9.17) is 4.74 Å². The number of ether oxygens (including phenoxy) is 1. The summed E-state index contributed by atoms with van der Waals surface area (Å²) in [6.07, 6.45) is 0. The first-order valence-electron chi connectivity index (χ1n) is 9.53. The van der Waals surface area contributed by atoms with Crippen molar-refractivity contribution < 1.29 is 14.3 Å². The van der Waals surface area contributed by atoms with E-state index < -0.39 is 0 Å². The minimum Gasteiger partial charge on any atom is -0.379 e. The molecule has 0 spiro atoms. The molecule has 1 aliphatic rings. The lowest BCUT2D eigenvalue weighted by atomic mass is 10.0. The number of carbonyl (C=O) groups excluding carboxylic acids is 2. The van der Waals surface area contributed by atoms with Crippen LogP contribution < -0.4 is 10.6 Å². The number of anilines is 1. The molecule has 6 heteroatoms. The van der Waals surface area contributed by atoms with Gasteiger partial charge in [-0.2, -0.15) is 0 Å². The summed E-state index contributed by atoms with van der Waals surface area (Å²) in [7, 11) is 0. The van der Waals surface area contributed by atoms with Crippen molar-refractivity contribution in [3.05, 3.63) is 65.7 Å². The average molecular weight is 381 g/mol. The van der Waals surface area contributed by atoms with E-state index in [0.29, 0.717) is 23.4 Å². The number of amides is 2. The Balaban J connectivity index is 1.54. The van der Waals surface area contributed by atoms with Crippen LogP contribution in [0, 0.1) is 0 Å². The van der Waals surface area contributed by atoms with Crippen LogP contribution >= 0.6 is 0 Å². The minimum absolute atomic E-state index is 0.123. The minimum atomic E-state index is -0.176. The van der Waals surface area contributed by atoms with Crippen LogP contribution in [-0.4, -0.2) is 55.1 Å². The highest BCUT2D eigenvalue weighted by atomic mass is 16.5. The summed E-state index contributed by atoms with van der Waals surface area (Å²) in [4.78, 5) is 27.0. The molecule has 0 aromatic heterocycles. The van der Waals surface area contributed by atoms with E-state index in [1.54, 1.807) is 36.4 Å². The Morgan fingerprint density at radius 2 is 1.54 bits per heavy atom. The molecule has 1 aliphatic heterocycles. The molecule has 1 saturated heterocycles. The van der Waals surface area contributed by atoms with E-state index >= 15 is 0 Å². The molecule has 0 bridgehead atoms. The number of rotatable bonds is 6. The molecule has 1 heterocycles. The van der Waals surface area contributed by atoms with Gasteiger partial charge in [-0.05, 0) is 50.2 Å². The fourth-order valence-corrected chi connectivity index (χ4v) is 3.18. The van der Waals surface area contributed by atoms with E-state index in [1.807, 2.05) is 18.2 Å². The van der Waals surface area contributed by atoms with Crippen molar-refractivity contribution in [1.29, 1.82) is 0 Å².